The number of piperazine rings is 1. The minimum atomic E-state index is -1.01. The van der Waals surface area contributed by atoms with Gasteiger partial charge in [0.1, 0.15) is 5.92 Å². The summed E-state index contributed by atoms with van der Waals surface area (Å²) in [5.41, 5.74) is 1.78. The van der Waals surface area contributed by atoms with Gasteiger partial charge in [-0.15, -0.1) is 0 Å². The predicted octanol–water partition coefficient (Wildman–Crippen LogP) is 1.59. The zero-order valence-electron chi connectivity index (χ0n) is 12.9. The van der Waals surface area contributed by atoms with Gasteiger partial charge in [0.05, 0.1) is 12.6 Å². The van der Waals surface area contributed by atoms with Crippen LogP contribution in [-0.4, -0.2) is 54.4 Å². The third kappa shape index (κ3) is 3.39. The molecule has 1 heterocycles. The molecule has 2 atom stereocenters. The Labute approximate surface area is 130 Å². The van der Waals surface area contributed by atoms with Crippen LogP contribution in [0.3, 0.4) is 0 Å². The lowest BCUT2D eigenvalue weighted by Crippen LogP contribution is -2.57. The Hall–Kier alpha value is -2.08. The van der Waals surface area contributed by atoms with Gasteiger partial charge in [-0.05, 0) is 25.0 Å². The van der Waals surface area contributed by atoms with Crippen molar-refractivity contribution >= 4 is 12.1 Å². The van der Waals surface area contributed by atoms with Crippen LogP contribution in [0.15, 0.2) is 24.3 Å². The van der Waals surface area contributed by atoms with Crippen LogP contribution in [0, 0.1) is 6.92 Å². The van der Waals surface area contributed by atoms with Crippen LogP contribution in [0.1, 0.15) is 24.0 Å². The van der Waals surface area contributed by atoms with Crippen molar-refractivity contribution in [1.82, 2.24) is 10.2 Å². The highest BCUT2D eigenvalue weighted by Gasteiger charge is 2.39. The number of rotatable bonds is 4. The molecule has 6 nitrogen and oxygen atoms in total. The SMILES string of the molecule is CCOC(=O)C(c1ccccc1C)C1CNCCN1C(=O)O. The lowest BCUT2D eigenvalue weighted by Gasteiger charge is -2.38. The van der Waals surface area contributed by atoms with Crippen molar-refractivity contribution in [1.29, 1.82) is 0 Å². The molecular weight excluding hydrogens is 284 g/mol. The van der Waals surface area contributed by atoms with Gasteiger partial charge in [-0.3, -0.25) is 4.79 Å². The number of carbonyl (C=O) groups is 2. The van der Waals surface area contributed by atoms with Gasteiger partial charge in [0.15, 0.2) is 0 Å². The highest BCUT2D eigenvalue weighted by Crippen LogP contribution is 2.29. The molecule has 1 aromatic carbocycles. The fraction of sp³-hybridized carbons (Fsp3) is 0.500. The van der Waals surface area contributed by atoms with E-state index in [0.29, 0.717) is 19.6 Å². The molecule has 6 heteroatoms. The minimum Gasteiger partial charge on any atom is -0.465 e. The average molecular weight is 306 g/mol. The predicted molar refractivity (Wildman–Crippen MR) is 81.9 cm³/mol. The van der Waals surface area contributed by atoms with Crippen LogP contribution in [0.4, 0.5) is 4.79 Å². The monoisotopic (exact) mass is 306 g/mol. The first-order chi connectivity index (χ1) is 10.6. The summed E-state index contributed by atoms with van der Waals surface area (Å²) in [6.07, 6.45) is -1.01. The van der Waals surface area contributed by atoms with E-state index in [1.54, 1.807) is 6.92 Å². The molecule has 1 aliphatic heterocycles. The van der Waals surface area contributed by atoms with Crippen LogP contribution in [0.2, 0.25) is 0 Å². The van der Waals surface area contributed by atoms with Gasteiger partial charge >= 0.3 is 12.1 Å². The van der Waals surface area contributed by atoms with E-state index < -0.39 is 18.1 Å². The maximum atomic E-state index is 12.5. The third-order valence-corrected chi connectivity index (χ3v) is 3.98. The highest BCUT2D eigenvalue weighted by atomic mass is 16.5. The topological polar surface area (TPSA) is 78.9 Å². The molecule has 1 amide bonds. The first kappa shape index (κ1) is 16.3. The molecule has 120 valence electrons. The number of hydrogen-bond donors (Lipinski definition) is 2. The molecule has 22 heavy (non-hydrogen) atoms. The Morgan fingerprint density at radius 3 is 2.82 bits per heavy atom. The second kappa shape index (κ2) is 7.26. The Bertz CT molecular complexity index is 547. The van der Waals surface area contributed by atoms with Gasteiger partial charge in [-0.2, -0.15) is 0 Å². The lowest BCUT2D eigenvalue weighted by molar-refractivity contribution is -0.146. The molecule has 0 bridgehead atoms. The molecular formula is C16H22N2O4. The standard InChI is InChI=1S/C16H22N2O4/c1-3-22-15(19)14(12-7-5-4-6-11(12)2)13-10-17-8-9-18(13)16(20)21/h4-7,13-14,17H,3,8-10H2,1-2H3,(H,20,21). The number of hydrogen-bond acceptors (Lipinski definition) is 4. The largest absolute Gasteiger partial charge is 0.465 e. The number of nitrogens with zero attached hydrogens (tertiary/aromatic N) is 1. The molecule has 0 aliphatic carbocycles. The van der Waals surface area contributed by atoms with Crippen molar-refractivity contribution in [2.75, 3.05) is 26.2 Å². The van der Waals surface area contributed by atoms with Crippen LogP contribution < -0.4 is 5.32 Å². The molecule has 2 unspecified atom stereocenters. The normalized spacial score (nSPS) is 19.5. The Morgan fingerprint density at radius 2 is 2.18 bits per heavy atom. The zero-order valence-corrected chi connectivity index (χ0v) is 12.9. The summed E-state index contributed by atoms with van der Waals surface area (Å²) in [6, 6.07) is 7.07. The molecule has 0 radical (unpaired) electrons. The summed E-state index contributed by atoms with van der Waals surface area (Å²) in [4.78, 5) is 25.3. The Morgan fingerprint density at radius 1 is 1.45 bits per heavy atom. The van der Waals surface area contributed by atoms with E-state index in [4.69, 9.17) is 4.74 Å². The van der Waals surface area contributed by atoms with E-state index in [-0.39, 0.29) is 12.6 Å². The van der Waals surface area contributed by atoms with Gasteiger partial charge < -0.3 is 20.1 Å². The van der Waals surface area contributed by atoms with Gasteiger partial charge in [0, 0.05) is 19.6 Å². The summed E-state index contributed by atoms with van der Waals surface area (Å²) < 4.78 is 5.21. The van der Waals surface area contributed by atoms with Crippen LogP contribution in [-0.2, 0) is 9.53 Å². The lowest BCUT2D eigenvalue weighted by atomic mass is 9.86. The van der Waals surface area contributed by atoms with Gasteiger partial charge in [-0.1, -0.05) is 24.3 Å². The minimum absolute atomic E-state index is 0.272. The highest BCUT2D eigenvalue weighted by molar-refractivity contribution is 5.81. The van der Waals surface area contributed by atoms with Crippen molar-refractivity contribution in [2.45, 2.75) is 25.8 Å². The van der Waals surface area contributed by atoms with E-state index in [1.807, 2.05) is 31.2 Å². The molecule has 0 spiro atoms. The van der Waals surface area contributed by atoms with Gasteiger partial charge in [-0.25, -0.2) is 4.79 Å². The number of aryl methyl sites for hydroxylation is 1. The second-order valence-corrected chi connectivity index (χ2v) is 5.33. The number of carboxylic acid groups (broad SMARTS) is 1. The van der Waals surface area contributed by atoms with E-state index in [9.17, 15) is 14.7 Å². The number of amides is 1. The van der Waals surface area contributed by atoms with Crippen molar-refractivity contribution in [3.63, 3.8) is 0 Å². The second-order valence-electron chi connectivity index (χ2n) is 5.33. The summed E-state index contributed by atoms with van der Waals surface area (Å²) in [7, 11) is 0. The number of benzene rings is 1. The van der Waals surface area contributed by atoms with Crippen LogP contribution in [0.5, 0.6) is 0 Å². The van der Waals surface area contributed by atoms with Crippen molar-refractivity contribution in [3.8, 4) is 0 Å². The maximum absolute atomic E-state index is 12.5. The Balaban J connectivity index is 2.41. The van der Waals surface area contributed by atoms with Gasteiger partial charge in [0.25, 0.3) is 0 Å². The van der Waals surface area contributed by atoms with E-state index in [0.717, 1.165) is 11.1 Å². The molecule has 0 saturated carbocycles. The quantitative estimate of drug-likeness (QED) is 0.826. The number of ether oxygens (including phenoxy) is 1. The first-order valence-corrected chi connectivity index (χ1v) is 7.48. The van der Waals surface area contributed by atoms with Crippen molar-refractivity contribution < 1.29 is 19.4 Å². The summed E-state index contributed by atoms with van der Waals surface area (Å²) >= 11 is 0. The van der Waals surface area contributed by atoms with E-state index in [2.05, 4.69) is 5.32 Å². The molecule has 1 aromatic rings. The smallest absolute Gasteiger partial charge is 0.407 e. The van der Waals surface area contributed by atoms with Crippen LogP contribution >= 0.6 is 0 Å². The molecule has 1 aliphatic rings. The van der Waals surface area contributed by atoms with Crippen molar-refractivity contribution in [3.05, 3.63) is 35.4 Å². The summed E-state index contributed by atoms with van der Waals surface area (Å²) in [6.45, 7) is 5.33. The molecule has 1 saturated heterocycles. The Kier molecular flexibility index (Phi) is 5.38. The molecule has 1 fully saturated rings. The number of esters is 1. The number of nitrogens with one attached hydrogen (secondary N) is 1. The summed E-state index contributed by atoms with van der Waals surface area (Å²) in [5.74, 6) is -0.998. The fourth-order valence-electron chi connectivity index (χ4n) is 2.92. The zero-order chi connectivity index (χ0) is 16.1. The van der Waals surface area contributed by atoms with Crippen molar-refractivity contribution in [2.24, 2.45) is 0 Å². The number of carbonyl (C=O) groups excluding carboxylic acids is 1. The average Bonchev–Trinajstić information content (AvgIpc) is 2.50. The summed E-state index contributed by atoms with van der Waals surface area (Å²) in [5, 5.41) is 12.6. The maximum Gasteiger partial charge on any atom is 0.407 e. The van der Waals surface area contributed by atoms with E-state index in [1.165, 1.54) is 4.90 Å². The van der Waals surface area contributed by atoms with Gasteiger partial charge in [0.2, 0.25) is 0 Å². The van der Waals surface area contributed by atoms with E-state index >= 15 is 0 Å². The van der Waals surface area contributed by atoms with Crippen LogP contribution in [0.25, 0.3) is 0 Å². The fourth-order valence-corrected chi connectivity index (χ4v) is 2.92. The molecule has 2 N–H and O–H groups in total. The molecule has 2 rings (SSSR count). The molecule has 0 aromatic heterocycles. The first-order valence-electron chi connectivity index (χ1n) is 7.48. The third-order valence-electron chi connectivity index (χ3n) is 3.98.